The number of rotatable bonds is 6. The van der Waals surface area contributed by atoms with Crippen LogP contribution in [0.1, 0.15) is 49.4 Å². The van der Waals surface area contributed by atoms with Gasteiger partial charge in [-0.2, -0.15) is 9.40 Å². The quantitative estimate of drug-likeness (QED) is 0.687. The van der Waals surface area contributed by atoms with Crippen LogP contribution in [0.15, 0.2) is 35.5 Å². The molecule has 2 heterocycles. The molecule has 0 spiro atoms. The number of halogens is 1. The minimum Gasteiger partial charge on any atom is -0.369 e. The molecule has 2 aliphatic rings. The van der Waals surface area contributed by atoms with E-state index in [4.69, 9.17) is 11.6 Å². The molecular formula is C22H30ClN5O3S. The molecule has 1 aliphatic carbocycles. The molecule has 0 unspecified atom stereocenters. The predicted octanol–water partition coefficient (Wildman–Crippen LogP) is 3.13. The molecule has 1 saturated carbocycles. The highest BCUT2D eigenvalue weighted by Crippen LogP contribution is 2.25. The molecule has 1 saturated heterocycles. The van der Waals surface area contributed by atoms with Gasteiger partial charge in [-0.1, -0.05) is 36.9 Å². The van der Waals surface area contributed by atoms with E-state index in [1.165, 1.54) is 15.4 Å². The molecule has 174 valence electrons. The maximum absolute atomic E-state index is 13.5. The van der Waals surface area contributed by atoms with Crippen LogP contribution in [0.5, 0.6) is 0 Å². The first-order valence-corrected chi connectivity index (χ1v) is 13.1. The number of aryl methyl sites for hydroxylation is 1. The van der Waals surface area contributed by atoms with Gasteiger partial charge in [0.15, 0.2) is 0 Å². The molecule has 32 heavy (non-hydrogen) atoms. The molecule has 1 aliphatic heterocycles. The second-order valence-electron chi connectivity index (χ2n) is 8.38. The number of piperazine rings is 1. The van der Waals surface area contributed by atoms with Crippen molar-refractivity contribution in [1.82, 2.24) is 19.4 Å². The molecular weight excluding hydrogens is 450 g/mol. The minimum absolute atomic E-state index is 0.0954. The number of hydrogen-bond donors (Lipinski definition) is 1. The number of aromatic nitrogens is 2. The number of carbonyl (C=O) groups excluding carboxylic acids is 1. The van der Waals surface area contributed by atoms with Gasteiger partial charge in [0.2, 0.25) is 5.03 Å². The van der Waals surface area contributed by atoms with Gasteiger partial charge in [-0.05, 0) is 38.0 Å². The highest BCUT2D eigenvalue weighted by Gasteiger charge is 2.35. The van der Waals surface area contributed by atoms with Crippen LogP contribution < -0.4 is 10.2 Å². The normalized spacial score (nSPS) is 18.6. The van der Waals surface area contributed by atoms with Crippen LogP contribution in [0.2, 0.25) is 5.02 Å². The van der Waals surface area contributed by atoms with Gasteiger partial charge >= 0.3 is 0 Å². The molecule has 1 aromatic carbocycles. The molecule has 0 bridgehead atoms. The zero-order valence-corrected chi connectivity index (χ0v) is 19.9. The van der Waals surface area contributed by atoms with Gasteiger partial charge in [-0.15, -0.1) is 0 Å². The molecule has 1 aromatic heterocycles. The van der Waals surface area contributed by atoms with E-state index in [1.807, 2.05) is 31.2 Å². The average molecular weight is 480 g/mol. The Morgan fingerprint density at radius 2 is 1.88 bits per heavy atom. The number of carbonyl (C=O) groups is 1. The Bertz CT molecular complexity index is 1060. The van der Waals surface area contributed by atoms with Crippen molar-refractivity contribution in [2.45, 2.75) is 56.6 Å². The lowest BCUT2D eigenvalue weighted by Gasteiger charge is -2.35. The fourth-order valence-electron chi connectivity index (χ4n) is 4.40. The molecule has 1 amide bonds. The van der Waals surface area contributed by atoms with Crippen LogP contribution in [0, 0.1) is 0 Å². The lowest BCUT2D eigenvalue weighted by atomic mass is 9.95. The third kappa shape index (κ3) is 4.94. The van der Waals surface area contributed by atoms with E-state index in [2.05, 4.69) is 15.3 Å². The molecule has 0 radical (unpaired) electrons. The summed E-state index contributed by atoms with van der Waals surface area (Å²) in [6.45, 7) is 4.07. The highest BCUT2D eigenvalue weighted by molar-refractivity contribution is 7.89. The summed E-state index contributed by atoms with van der Waals surface area (Å²) in [6, 6.07) is 7.64. The SMILES string of the molecule is CCn1cc(C(=O)NC2CCCCC2)c(S(=O)(=O)N2CCN(c3cccc(Cl)c3)CC2)n1. The fraction of sp³-hybridized carbons (Fsp3) is 0.545. The largest absolute Gasteiger partial charge is 0.369 e. The molecule has 2 aromatic rings. The smallest absolute Gasteiger partial charge is 0.263 e. The molecule has 10 heteroatoms. The first kappa shape index (κ1) is 23.1. The van der Waals surface area contributed by atoms with E-state index in [0.29, 0.717) is 37.7 Å². The molecule has 8 nitrogen and oxygen atoms in total. The topological polar surface area (TPSA) is 87.5 Å². The van der Waals surface area contributed by atoms with Crippen LogP contribution in [-0.2, 0) is 16.6 Å². The van der Waals surface area contributed by atoms with Crippen molar-refractivity contribution in [1.29, 1.82) is 0 Å². The highest BCUT2D eigenvalue weighted by atomic mass is 35.5. The van der Waals surface area contributed by atoms with E-state index < -0.39 is 10.0 Å². The Hall–Kier alpha value is -2.10. The average Bonchev–Trinajstić information content (AvgIpc) is 3.26. The van der Waals surface area contributed by atoms with Crippen molar-refractivity contribution in [3.05, 3.63) is 41.0 Å². The van der Waals surface area contributed by atoms with Gasteiger partial charge in [-0.3, -0.25) is 9.48 Å². The molecule has 1 N–H and O–H groups in total. The number of amides is 1. The summed E-state index contributed by atoms with van der Waals surface area (Å²) in [5.74, 6) is -0.354. The van der Waals surface area contributed by atoms with E-state index >= 15 is 0 Å². The Balaban J connectivity index is 1.51. The van der Waals surface area contributed by atoms with Crippen LogP contribution >= 0.6 is 11.6 Å². The second-order valence-corrected chi connectivity index (χ2v) is 10.7. The summed E-state index contributed by atoms with van der Waals surface area (Å²) < 4.78 is 29.9. The summed E-state index contributed by atoms with van der Waals surface area (Å²) >= 11 is 6.10. The summed E-state index contributed by atoms with van der Waals surface area (Å²) in [5, 5.41) is 7.80. The lowest BCUT2D eigenvalue weighted by molar-refractivity contribution is 0.0924. The third-order valence-corrected chi connectivity index (χ3v) is 8.30. The van der Waals surface area contributed by atoms with Crippen LogP contribution in [0.4, 0.5) is 5.69 Å². The zero-order valence-electron chi connectivity index (χ0n) is 18.3. The summed E-state index contributed by atoms with van der Waals surface area (Å²) in [6.07, 6.45) is 6.76. The van der Waals surface area contributed by atoms with Crippen LogP contribution in [0.25, 0.3) is 0 Å². The zero-order chi connectivity index (χ0) is 22.7. The first-order valence-electron chi connectivity index (χ1n) is 11.3. The van der Waals surface area contributed by atoms with E-state index in [9.17, 15) is 13.2 Å². The summed E-state index contributed by atoms with van der Waals surface area (Å²) in [5.41, 5.74) is 1.10. The number of anilines is 1. The maximum atomic E-state index is 13.5. The number of nitrogens with zero attached hydrogens (tertiary/aromatic N) is 4. The summed E-state index contributed by atoms with van der Waals surface area (Å²) in [4.78, 5) is 15.1. The molecule has 0 atom stereocenters. The second kappa shape index (κ2) is 9.80. The maximum Gasteiger partial charge on any atom is 0.263 e. The van der Waals surface area contributed by atoms with E-state index in [1.54, 1.807) is 6.20 Å². The van der Waals surface area contributed by atoms with Crippen molar-refractivity contribution in [2.24, 2.45) is 0 Å². The standard InChI is InChI=1S/C22H30ClN5O3S/c1-2-27-16-20(21(29)24-18-8-4-3-5-9-18)22(25-27)32(30,31)28-13-11-26(12-14-28)19-10-6-7-17(23)15-19/h6-7,10,15-16,18H,2-5,8-9,11-14H2,1H3,(H,24,29). The first-order chi connectivity index (χ1) is 15.4. The van der Waals surface area contributed by atoms with Gasteiger partial charge in [-0.25, -0.2) is 8.42 Å². The number of hydrogen-bond acceptors (Lipinski definition) is 5. The number of sulfonamides is 1. The monoisotopic (exact) mass is 479 g/mol. The van der Waals surface area contributed by atoms with Crippen molar-refractivity contribution < 1.29 is 13.2 Å². The number of nitrogens with one attached hydrogen (secondary N) is 1. The third-order valence-electron chi connectivity index (χ3n) is 6.23. The Morgan fingerprint density at radius 3 is 2.53 bits per heavy atom. The molecule has 4 rings (SSSR count). The minimum atomic E-state index is -3.89. The van der Waals surface area contributed by atoms with Crippen LogP contribution in [-0.4, -0.2) is 60.6 Å². The lowest BCUT2D eigenvalue weighted by Crippen LogP contribution is -2.49. The van der Waals surface area contributed by atoms with Gasteiger partial charge in [0, 0.05) is 55.7 Å². The fourth-order valence-corrected chi connectivity index (χ4v) is 6.11. The Labute approximate surface area is 194 Å². The van der Waals surface area contributed by atoms with Crippen molar-refractivity contribution in [2.75, 3.05) is 31.1 Å². The van der Waals surface area contributed by atoms with Gasteiger partial charge in [0.05, 0.1) is 5.56 Å². The van der Waals surface area contributed by atoms with E-state index in [0.717, 1.165) is 31.4 Å². The van der Waals surface area contributed by atoms with Crippen molar-refractivity contribution in [3.8, 4) is 0 Å². The van der Waals surface area contributed by atoms with E-state index in [-0.39, 0.29) is 22.5 Å². The predicted molar refractivity (Wildman–Crippen MR) is 125 cm³/mol. The Morgan fingerprint density at radius 1 is 1.16 bits per heavy atom. The van der Waals surface area contributed by atoms with Gasteiger partial charge < -0.3 is 10.2 Å². The van der Waals surface area contributed by atoms with Crippen LogP contribution in [0.3, 0.4) is 0 Å². The number of benzene rings is 1. The van der Waals surface area contributed by atoms with Crippen molar-refractivity contribution >= 4 is 33.2 Å². The van der Waals surface area contributed by atoms with Gasteiger partial charge in [0.25, 0.3) is 15.9 Å². The van der Waals surface area contributed by atoms with Crippen molar-refractivity contribution in [3.63, 3.8) is 0 Å². The van der Waals surface area contributed by atoms with Gasteiger partial charge in [0.1, 0.15) is 0 Å². The molecule has 2 fully saturated rings. The Kier molecular flexibility index (Phi) is 7.07. The summed E-state index contributed by atoms with van der Waals surface area (Å²) in [7, 11) is -3.89.